The number of halogens is 1. The van der Waals surface area contributed by atoms with Crippen LogP contribution in [0.3, 0.4) is 0 Å². The third-order valence-corrected chi connectivity index (χ3v) is 5.08. The molecule has 1 nitrogen and oxygen atoms in total. The lowest BCUT2D eigenvalue weighted by Crippen LogP contribution is -2.27. The van der Waals surface area contributed by atoms with Gasteiger partial charge in [-0.05, 0) is 0 Å². The predicted octanol–water partition coefficient (Wildman–Crippen LogP) is -1.11. The molecule has 4 heteroatoms. The summed E-state index contributed by atoms with van der Waals surface area (Å²) >= 11 is 4.88. The van der Waals surface area contributed by atoms with Crippen molar-refractivity contribution in [2.75, 3.05) is 0 Å². The van der Waals surface area contributed by atoms with Gasteiger partial charge < -0.3 is 4.79 Å². The molecule has 0 saturated heterocycles. The van der Waals surface area contributed by atoms with E-state index in [0.717, 1.165) is 16.3 Å². The van der Waals surface area contributed by atoms with Gasteiger partial charge in [0.2, 0.25) is 16.3 Å². The van der Waals surface area contributed by atoms with E-state index < -0.39 is 0 Å². The van der Waals surface area contributed by atoms with Crippen LogP contribution < -0.4 is 0 Å². The van der Waals surface area contributed by atoms with E-state index in [1.54, 1.807) is 0 Å². The van der Waals surface area contributed by atoms with Crippen molar-refractivity contribution in [2.24, 2.45) is 0 Å². The third-order valence-electron chi connectivity index (χ3n) is 0.837. The molecule has 0 radical (unpaired) electrons. The summed E-state index contributed by atoms with van der Waals surface area (Å²) < 4.78 is 0.235. The Hall–Kier alpha value is 1.21. The Balaban J connectivity index is 3.79. The molecule has 0 aromatic heterocycles. The van der Waals surface area contributed by atoms with Gasteiger partial charge in [0.1, 0.15) is 0 Å². The fourth-order valence-corrected chi connectivity index (χ4v) is 0. The third kappa shape index (κ3) is 3.77. The average molecular weight is 193 g/mol. The standard InChI is InChI=1S/C3H3BrO.2Al.4H/c1-3(4)2-5;;;;;;/h1H3;;;;;;. The molecule has 0 rings (SSSR count). The van der Waals surface area contributed by atoms with Crippen LogP contribution in [0.4, 0.5) is 0 Å². The zero-order chi connectivity index (χ0) is 6.08. The number of hydrogen-bond donors (Lipinski definition) is 0. The van der Waals surface area contributed by atoms with Crippen molar-refractivity contribution < 1.29 is 4.79 Å². The molecule has 0 aromatic carbocycles. The molecule has 0 amide bonds. The summed E-state index contributed by atoms with van der Waals surface area (Å²) in [5, 5.41) is 0. The summed E-state index contributed by atoms with van der Waals surface area (Å²) in [6.45, 7) is 1.93. The molecule has 0 fully saturated rings. The first-order valence-corrected chi connectivity index (χ1v) is 4.94. The number of carbonyl (C=O) groups is 1. The van der Waals surface area contributed by atoms with Gasteiger partial charge >= 0.3 is 16.3 Å². The molecule has 38 valence electrons. The van der Waals surface area contributed by atoms with E-state index in [0.29, 0.717) is 20.9 Å². The Labute approximate surface area is 67.8 Å². The van der Waals surface area contributed by atoms with Crippen LogP contribution in [0.15, 0.2) is 0 Å². The first kappa shape index (κ1) is 8.21. The Bertz CT molecular complexity index is 85.4. The first-order chi connectivity index (χ1) is 2.94. The van der Waals surface area contributed by atoms with Gasteiger partial charge in [0, 0.05) is 7.83 Å². The van der Waals surface area contributed by atoms with E-state index in [1.807, 2.05) is 6.92 Å². The first-order valence-electron chi connectivity index (χ1n) is 2.14. The average Bonchev–Trinajstić information content (AvgIpc) is 1.31. The smallest absolute Gasteiger partial charge is 0.319 e. The molecule has 0 saturated carbocycles. The van der Waals surface area contributed by atoms with Gasteiger partial charge in [0.05, 0.1) is 0 Å². The normalized spacial score (nSPS) is 18.0. The Morgan fingerprint density at radius 3 is 2.00 bits per heavy atom. The second kappa shape index (κ2) is 2.67. The molecular weight excluding hydrogens is 186 g/mol. The Morgan fingerprint density at radius 1 is 1.86 bits per heavy atom. The molecule has 0 aliphatic heterocycles. The fourth-order valence-electron chi connectivity index (χ4n) is 0. The number of carbonyl (C=O) groups excluding carboxylic acids is 1. The summed E-state index contributed by atoms with van der Waals surface area (Å²) in [5.74, 6) is 0. The molecule has 0 aliphatic carbocycles. The van der Waals surface area contributed by atoms with E-state index in [4.69, 9.17) is 0 Å². The van der Waals surface area contributed by atoms with Crippen LogP contribution in [-0.2, 0) is 4.79 Å². The molecule has 1 atom stereocenters. The van der Waals surface area contributed by atoms with Gasteiger partial charge in [0.25, 0.3) is 0 Å². The zero-order valence-electron chi connectivity index (χ0n) is 4.79. The molecule has 0 aliphatic rings. The van der Waals surface area contributed by atoms with Crippen molar-refractivity contribution in [3.8, 4) is 0 Å². The highest BCUT2D eigenvalue weighted by molar-refractivity contribution is 9.10. The van der Waals surface area contributed by atoms with Crippen molar-refractivity contribution >= 4 is 53.2 Å². The minimum absolute atomic E-state index is 0.126. The van der Waals surface area contributed by atoms with Crippen LogP contribution in [-0.4, -0.2) is 40.4 Å². The van der Waals surface area contributed by atoms with Gasteiger partial charge in [-0.1, -0.05) is 22.9 Å². The molecule has 0 spiro atoms. The highest BCUT2D eigenvalue weighted by Gasteiger charge is 2.16. The lowest BCUT2D eigenvalue weighted by Gasteiger charge is -2.10. The van der Waals surface area contributed by atoms with Crippen LogP contribution in [0.5, 0.6) is 0 Å². The SMILES string of the molecule is C[C]([AlH2])(Br)[C](=O)[AlH2]. The van der Waals surface area contributed by atoms with E-state index in [1.165, 1.54) is 0 Å². The second-order valence-electron chi connectivity index (χ2n) is 2.03. The zero-order valence-corrected chi connectivity index (χ0v) is 10.4. The van der Waals surface area contributed by atoms with Crippen molar-refractivity contribution in [3.05, 3.63) is 0 Å². The lowest BCUT2D eigenvalue weighted by atomic mass is 10.5. The van der Waals surface area contributed by atoms with Crippen LogP contribution in [0.25, 0.3) is 0 Å². The number of rotatable bonds is 1. The topological polar surface area (TPSA) is 17.1 Å². The predicted molar refractivity (Wildman–Crippen MR) is 39.4 cm³/mol. The minimum atomic E-state index is -0.126. The van der Waals surface area contributed by atoms with Gasteiger partial charge in [-0.25, -0.2) is 0 Å². The molecule has 7 heavy (non-hydrogen) atoms. The fraction of sp³-hybridized carbons (Fsp3) is 0.667. The summed E-state index contributed by atoms with van der Waals surface area (Å²) in [6.07, 6.45) is 0. The van der Waals surface area contributed by atoms with Crippen molar-refractivity contribution in [2.45, 2.75) is 10.1 Å². The molecular formula is C3H7Al2BrO. The number of hydrogen-bond acceptors (Lipinski definition) is 1. The van der Waals surface area contributed by atoms with Crippen LogP contribution in [0.2, 0.25) is 0 Å². The van der Waals surface area contributed by atoms with Gasteiger partial charge in [-0.2, -0.15) is 0 Å². The monoisotopic (exact) mass is 192 g/mol. The Kier molecular flexibility index (Phi) is 3.13. The van der Waals surface area contributed by atoms with E-state index >= 15 is 0 Å². The molecule has 0 bridgehead atoms. The maximum atomic E-state index is 10.5. The summed E-state index contributed by atoms with van der Waals surface area (Å²) in [4.78, 5) is 10.5. The maximum absolute atomic E-state index is 10.5. The van der Waals surface area contributed by atoms with E-state index in [9.17, 15) is 4.79 Å². The number of alkyl halides is 1. The molecule has 0 N–H and O–H groups in total. The van der Waals surface area contributed by atoms with E-state index in [2.05, 4.69) is 15.9 Å². The molecule has 0 aromatic rings. The van der Waals surface area contributed by atoms with Gasteiger partial charge in [-0.15, -0.1) is 0 Å². The van der Waals surface area contributed by atoms with Gasteiger partial charge in [0.15, 0.2) is 0 Å². The molecule has 0 heterocycles. The quantitative estimate of drug-likeness (QED) is 0.381. The van der Waals surface area contributed by atoms with Gasteiger partial charge in [-0.3, -0.25) is 0 Å². The van der Waals surface area contributed by atoms with Crippen LogP contribution in [0.1, 0.15) is 6.92 Å². The van der Waals surface area contributed by atoms with Crippen molar-refractivity contribution in [1.29, 1.82) is 0 Å². The second-order valence-corrected chi connectivity index (χ2v) is 8.38. The summed E-state index contributed by atoms with van der Waals surface area (Å²) in [5.41, 5.74) is 0. The van der Waals surface area contributed by atoms with E-state index in [-0.39, 0.29) is 3.19 Å². The summed E-state index contributed by atoms with van der Waals surface area (Å²) in [6, 6.07) is 0. The summed E-state index contributed by atoms with van der Waals surface area (Å²) in [7, 11) is 0. The Morgan fingerprint density at radius 2 is 2.00 bits per heavy atom. The van der Waals surface area contributed by atoms with Crippen molar-refractivity contribution in [1.82, 2.24) is 0 Å². The largest absolute Gasteiger partial charge is 0.322 e. The highest BCUT2D eigenvalue weighted by Crippen LogP contribution is 2.09. The molecule has 1 unspecified atom stereocenters. The highest BCUT2D eigenvalue weighted by atomic mass is 79.9. The van der Waals surface area contributed by atoms with Crippen LogP contribution in [0, 0.1) is 0 Å². The lowest BCUT2D eigenvalue weighted by molar-refractivity contribution is -0.111. The van der Waals surface area contributed by atoms with Crippen LogP contribution >= 0.6 is 15.9 Å². The maximum Gasteiger partial charge on any atom is 0.319 e. The minimum Gasteiger partial charge on any atom is -0.322 e. The van der Waals surface area contributed by atoms with Crippen molar-refractivity contribution in [3.63, 3.8) is 0 Å².